The van der Waals surface area contributed by atoms with Gasteiger partial charge in [-0.2, -0.15) is 0 Å². The molecule has 1 aromatic carbocycles. The number of nitrogens with two attached hydrogens (primary N) is 1. The van der Waals surface area contributed by atoms with E-state index in [4.69, 9.17) is 15.7 Å². The molecule has 1 fully saturated rings. The second kappa shape index (κ2) is 6.19. The largest absolute Gasteiger partial charge is 0.409 e. The van der Waals surface area contributed by atoms with Crippen molar-refractivity contribution in [2.45, 2.75) is 25.4 Å². The minimum absolute atomic E-state index is 0.00947. The minimum Gasteiger partial charge on any atom is -0.409 e. The van der Waals surface area contributed by atoms with Crippen molar-refractivity contribution in [3.05, 3.63) is 29.8 Å². The molecule has 1 aromatic rings. The van der Waals surface area contributed by atoms with Gasteiger partial charge in [0, 0.05) is 17.9 Å². The molecule has 4 N–H and O–H groups in total. The lowest BCUT2D eigenvalue weighted by molar-refractivity contribution is -0.118. The molecule has 1 amide bonds. The van der Waals surface area contributed by atoms with Crippen LogP contribution in [-0.2, 0) is 9.53 Å². The third-order valence-electron chi connectivity index (χ3n) is 2.99. The van der Waals surface area contributed by atoms with Gasteiger partial charge < -0.3 is 21.0 Å². The summed E-state index contributed by atoms with van der Waals surface area (Å²) in [5.74, 6) is -0.0845. The SMILES string of the molecule is NC(=NO)c1cccc(NC(=O)CC2CCCO2)c1. The van der Waals surface area contributed by atoms with Gasteiger partial charge in [-0.15, -0.1) is 0 Å². The van der Waals surface area contributed by atoms with Crippen LogP contribution in [0.25, 0.3) is 0 Å². The summed E-state index contributed by atoms with van der Waals surface area (Å²) in [6.07, 6.45) is 2.31. The van der Waals surface area contributed by atoms with Gasteiger partial charge in [0.2, 0.25) is 5.91 Å². The first-order chi connectivity index (χ1) is 9.19. The van der Waals surface area contributed by atoms with E-state index in [1.54, 1.807) is 24.3 Å². The van der Waals surface area contributed by atoms with E-state index < -0.39 is 0 Å². The van der Waals surface area contributed by atoms with Crippen molar-refractivity contribution >= 4 is 17.4 Å². The number of hydrogen-bond donors (Lipinski definition) is 3. The van der Waals surface area contributed by atoms with Crippen LogP contribution in [0, 0.1) is 0 Å². The van der Waals surface area contributed by atoms with Crippen LogP contribution < -0.4 is 11.1 Å². The van der Waals surface area contributed by atoms with E-state index in [1.807, 2.05) is 0 Å². The van der Waals surface area contributed by atoms with Gasteiger partial charge in [0.05, 0.1) is 12.5 Å². The molecule has 1 aliphatic rings. The summed E-state index contributed by atoms with van der Waals surface area (Å²) >= 11 is 0. The van der Waals surface area contributed by atoms with E-state index in [2.05, 4.69) is 10.5 Å². The molecule has 6 nitrogen and oxygen atoms in total. The second-order valence-electron chi connectivity index (χ2n) is 4.45. The van der Waals surface area contributed by atoms with Crippen molar-refractivity contribution in [1.82, 2.24) is 0 Å². The summed E-state index contributed by atoms with van der Waals surface area (Å²) in [6, 6.07) is 6.84. The highest BCUT2D eigenvalue weighted by molar-refractivity contribution is 5.99. The van der Waals surface area contributed by atoms with Crippen LogP contribution in [0.5, 0.6) is 0 Å². The number of carbonyl (C=O) groups is 1. The Balaban J connectivity index is 1.96. The molecule has 0 bridgehead atoms. The Morgan fingerprint density at radius 3 is 3.11 bits per heavy atom. The molecule has 1 atom stereocenters. The van der Waals surface area contributed by atoms with Gasteiger partial charge in [-0.05, 0) is 25.0 Å². The van der Waals surface area contributed by atoms with Crippen LogP contribution in [0.3, 0.4) is 0 Å². The fourth-order valence-electron chi connectivity index (χ4n) is 2.04. The van der Waals surface area contributed by atoms with Crippen molar-refractivity contribution in [2.24, 2.45) is 10.9 Å². The summed E-state index contributed by atoms with van der Waals surface area (Å²) in [4.78, 5) is 11.8. The molecule has 1 saturated heterocycles. The van der Waals surface area contributed by atoms with Gasteiger partial charge in [0.25, 0.3) is 0 Å². The lowest BCUT2D eigenvalue weighted by Crippen LogP contribution is -2.19. The number of nitrogens with zero attached hydrogens (tertiary/aromatic N) is 1. The monoisotopic (exact) mass is 263 g/mol. The highest BCUT2D eigenvalue weighted by atomic mass is 16.5. The zero-order valence-electron chi connectivity index (χ0n) is 10.5. The molecule has 2 rings (SSSR count). The van der Waals surface area contributed by atoms with E-state index in [0.717, 1.165) is 19.4 Å². The fraction of sp³-hybridized carbons (Fsp3) is 0.385. The number of benzene rings is 1. The maximum Gasteiger partial charge on any atom is 0.226 e. The average Bonchev–Trinajstić information content (AvgIpc) is 2.90. The zero-order chi connectivity index (χ0) is 13.7. The van der Waals surface area contributed by atoms with Crippen LogP contribution in [0.2, 0.25) is 0 Å². The van der Waals surface area contributed by atoms with Crippen LogP contribution in [0.15, 0.2) is 29.4 Å². The third-order valence-corrected chi connectivity index (χ3v) is 2.99. The molecule has 102 valence electrons. The molecule has 0 saturated carbocycles. The summed E-state index contributed by atoms with van der Waals surface area (Å²) in [6.45, 7) is 0.733. The van der Waals surface area contributed by atoms with Gasteiger partial charge in [-0.1, -0.05) is 17.3 Å². The Morgan fingerprint density at radius 1 is 1.58 bits per heavy atom. The number of amides is 1. The van der Waals surface area contributed by atoms with E-state index in [1.165, 1.54) is 0 Å². The lowest BCUT2D eigenvalue weighted by Gasteiger charge is -2.10. The first kappa shape index (κ1) is 13.4. The predicted molar refractivity (Wildman–Crippen MR) is 71.2 cm³/mol. The minimum atomic E-state index is -0.0939. The van der Waals surface area contributed by atoms with Crippen molar-refractivity contribution in [2.75, 3.05) is 11.9 Å². The van der Waals surface area contributed by atoms with Gasteiger partial charge in [0.1, 0.15) is 0 Å². The number of oxime groups is 1. The average molecular weight is 263 g/mol. The Bertz CT molecular complexity index is 482. The molecular formula is C13H17N3O3. The van der Waals surface area contributed by atoms with Gasteiger partial charge >= 0.3 is 0 Å². The molecule has 1 unspecified atom stereocenters. The van der Waals surface area contributed by atoms with Crippen LogP contribution in [0.4, 0.5) is 5.69 Å². The quantitative estimate of drug-likeness (QED) is 0.330. The summed E-state index contributed by atoms with van der Waals surface area (Å²) in [5, 5.41) is 14.3. The number of amidine groups is 1. The molecule has 19 heavy (non-hydrogen) atoms. The van der Waals surface area contributed by atoms with Gasteiger partial charge in [0.15, 0.2) is 5.84 Å². The van der Waals surface area contributed by atoms with E-state index in [-0.39, 0.29) is 17.8 Å². The third kappa shape index (κ3) is 3.69. The maximum atomic E-state index is 11.8. The van der Waals surface area contributed by atoms with E-state index >= 15 is 0 Å². The molecule has 0 aliphatic carbocycles. The van der Waals surface area contributed by atoms with E-state index in [0.29, 0.717) is 17.7 Å². The Labute approximate surface area is 111 Å². The lowest BCUT2D eigenvalue weighted by atomic mass is 10.1. The zero-order valence-corrected chi connectivity index (χ0v) is 10.5. The molecule has 1 heterocycles. The van der Waals surface area contributed by atoms with Crippen molar-refractivity contribution in [3.63, 3.8) is 0 Å². The number of anilines is 1. The molecular weight excluding hydrogens is 246 g/mol. The number of nitrogens with one attached hydrogen (secondary N) is 1. The van der Waals surface area contributed by atoms with E-state index in [9.17, 15) is 4.79 Å². The highest BCUT2D eigenvalue weighted by Gasteiger charge is 2.19. The fourth-order valence-corrected chi connectivity index (χ4v) is 2.04. The Hall–Kier alpha value is -2.08. The van der Waals surface area contributed by atoms with Gasteiger partial charge in [-0.25, -0.2) is 0 Å². The maximum absolute atomic E-state index is 11.8. The smallest absolute Gasteiger partial charge is 0.226 e. The second-order valence-corrected chi connectivity index (χ2v) is 4.45. The number of ether oxygens (including phenoxy) is 1. The van der Waals surface area contributed by atoms with Crippen molar-refractivity contribution in [3.8, 4) is 0 Å². The standard InChI is InChI=1S/C13H17N3O3/c14-13(16-18)9-3-1-4-10(7-9)15-12(17)8-11-5-2-6-19-11/h1,3-4,7,11,18H,2,5-6,8H2,(H2,14,16)(H,15,17). The predicted octanol–water partition coefficient (Wildman–Crippen LogP) is 1.29. The number of carbonyl (C=O) groups excluding carboxylic acids is 1. The first-order valence-electron chi connectivity index (χ1n) is 6.18. The van der Waals surface area contributed by atoms with Crippen LogP contribution in [0.1, 0.15) is 24.8 Å². The molecule has 1 aliphatic heterocycles. The summed E-state index contributed by atoms with van der Waals surface area (Å²) in [5.41, 5.74) is 6.66. The normalized spacial score (nSPS) is 19.4. The molecule has 6 heteroatoms. The summed E-state index contributed by atoms with van der Waals surface area (Å²) < 4.78 is 5.41. The van der Waals surface area contributed by atoms with Crippen LogP contribution in [-0.4, -0.2) is 29.7 Å². The van der Waals surface area contributed by atoms with Crippen molar-refractivity contribution in [1.29, 1.82) is 0 Å². The Kier molecular flexibility index (Phi) is 4.35. The Morgan fingerprint density at radius 2 is 2.42 bits per heavy atom. The topological polar surface area (TPSA) is 96.9 Å². The first-order valence-corrected chi connectivity index (χ1v) is 6.18. The van der Waals surface area contributed by atoms with Crippen LogP contribution >= 0.6 is 0 Å². The summed E-state index contributed by atoms with van der Waals surface area (Å²) in [7, 11) is 0. The number of rotatable bonds is 4. The molecule has 0 aromatic heterocycles. The number of hydrogen-bond acceptors (Lipinski definition) is 4. The van der Waals surface area contributed by atoms with Gasteiger partial charge in [-0.3, -0.25) is 4.79 Å². The van der Waals surface area contributed by atoms with Crippen molar-refractivity contribution < 1.29 is 14.7 Å². The molecule has 0 spiro atoms. The molecule has 0 radical (unpaired) electrons. The highest BCUT2D eigenvalue weighted by Crippen LogP contribution is 2.17.